The average Bonchev–Trinajstić information content (AvgIpc) is 3.50. The first-order valence-electron chi connectivity index (χ1n) is 9.29. The van der Waals surface area contributed by atoms with Crippen LogP contribution >= 0.6 is 34.4 Å². The van der Waals surface area contributed by atoms with Crippen LogP contribution in [0.15, 0.2) is 32.8 Å². The van der Waals surface area contributed by atoms with Crippen LogP contribution in [-0.2, 0) is 11.3 Å². The fraction of sp³-hybridized carbons (Fsp3) is 0.389. The molecule has 5 rings (SSSR count). The van der Waals surface area contributed by atoms with Gasteiger partial charge >= 0.3 is 0 Å². The van der Waals surface area contributed by atoms with Gasteiger partial charge in [0.15, 0.2) is 0 Å². The van der Waals surface area contributed by atoms with Gasteiger partial charge in [-0.05, 0) is 41.6 Å². The first-order valence-corrected chi connectivity index (χ1v) is 11.9. The van der Waals surface area contributed by atoms with Crippen molar-refractivity contribution in [1.82, 2.24) is 30.2 Å². The van der Waals surface area contributed by atoms with Crippen molar-refractivity contribution in [2.75, 3.05) is 6.61 Å². The minimum Gasteiger partial charge on any atom is -0.376 e. The van der Waals surface area contributed by atoms with E-state index in [0.29, 0.717) is 22.9 Å². The van der Waals surface area contributed by atoms with Crippen LogP contribution in [0.1, 0.15) is 30.8 Å². The topological polar surface area (TPSA) is 98.6 Å². The second kappa shape index (κ2) is 7.98. The summed E-state index contributed by atoms with van der Waals surface area (Å²) in [4.78, 5) is 22.3. The highest BCUT2D eigenvalue weighted by Gasteiger charge is 2.22. The zero-order valence-corrected chi connectivity index (χ0v) is 18.0. The van der Waals surface area contributed by atoms with Gasteiger partial charge in [0.1, 0.15) is 10.7 Å². The lowest BCUT2D eigenvalue weighted by atomic mass is 10.2. The highest BCUT2D eigenvalue weighted by atomic mass is 32.2. The zero-order chi connectivity index (χ0) is 19.8. The van der Waals surface area contributed by atoms with Gasteiger partial charge in [0.2, 0.25) is 5.16 Å². The maximum Gasteiger partial charge on any atom is 0.260 e. The van der Waals surface area contributed by atoms with E-state index < -0.39 is 0 Å². The van der Waals surface area contributed by atoms with Crippen molar-refractivity contribution in [3.63, 3.8) is 0 Å². The highest BCUT2D eigenvalue weighted by molar-refractivity contribution is 7.99. The first-order chi connectivity index (χ1) is 14.2. The van der Waals surface area contributed by atoms with Crippen molar-refractivity contribution in [3.05, 3.63) is 39.1 Å². The molecule has 29 heavy (non-hydrogen) atoms. The third kappa shape index (κ3) is 3.75. The maximum atomic E-state index is 12.8. The first kappa shape index (κ1) is 18.9. The van der Waals surface area contributed by atoms with Gasteiger partial charge in [0.05, 0.1) is 23.3 Å². The molecule has 4 aromatic heterocycles. The molecule has 2 atom stereocenters. The van der Waals surface area contributed by atoms with Crippen molar-refractivity contribution in [1.29, 1.82) is 0 Å². The van der Waals surface area contributed by atoms with E-state index in [2.05, 4.69) is 20.5 Å². The third-order valence-corrected chi connectivity index (χ3v) is 7.67. The van der Waals surface area contributed by atoms with Crippen LogP contribution in [0.3, 0.4) is 0 Å². The summed E-state index contributed by atoms with van der Waals surface area (Å²) in [6.07, 6.45) is 2.26. The van der Waals surface area contributed by atoms with Gasteiger partial charge in [-0.2, -0.15) is 0 Å². The molecule has 1 fully saturated rings. The Morgan fingerprint density at radius 1 is 1.45 bits per heavy atom. The number of nitrogens with one attached hydrogen (secondary N) is 1. The van der Waals surface area contributed by atoms with Crippen molar-refractivity contribution in [2.45, 2.75) is 42.8 Å². The molecule has 1 aliphatic heterocycles. The van der Waals surface area contributed by atoms with E-state index in [1.807, 2.05) is 29.8 Å². The molecule has 4 aromatic rings. The minimum absolute atomic E-state index is 0.103. The summed E-state index contributed by atoms with van der Waals surface area (Å²) >= 11 is 4.59. The maximum absolute atomic E-state index is 12.8. The molecule has 0 saturated carbocycles. The molecule has 0 radical (unpaired) electrons. The molecule has 0 amide bonds. The molecule has 8 nitrogen and oxygen atoms in total. The Hall–Kier alpha value is -2.08. The third-order valence-electron chi connectivity index (χ3n) is 4.82. The number of ether oxygens (including phenoxy) is 1. The fourth-order valence-corrected chi connectivity index (χ4v) is 5.99. The molecule has 150 valence electrons. The number of rotatable bonds is 6. The van der Waals surface area contributed by atoms with E-state index in [0.717, 1.165) is 34.7 Å². The van der Waals surface area contributed by atoms with Crippen molar-refractivity contribution < 1.29 is 4.74 Å². The predicted molar refractivity (Wildman–Crippen MR) is 115 cm³/mol. The Labute approximate surface area is 178 Å². The number of hydrogen-bond donors (Lipinski definition) is 1. The summed E-state index contributed by atoms with van der Waals surface area (Å²) in [5.41, 5.74) is 0.835. The van der Waals surface area contributed by atoms with E-state index in [1.165, 1.54) is 23.1 Å². The molecule has 1 saturated heterocycles. The molecule has 0 bridgehead atoms. The van der Waals surface area contributed by atoms with Crippen molar-refractivity contribution >= 4 is 44.7 Å². The lowest BCUT2D eigenvalue weighted by Gasteiger charge is -2.12. The lowest BCUT2D eigenvalue weighted by molar-refractivity contribution is 0.0911. The van der Waals surface area contributed by atoms with E-state index in [-0.39, 0.29) is 16.9 Å². The zero-order valence-electron chi connectivity index (χ0n) is 15.6. The number of hydrogen-bond acceptors (Lipinski definition) is 9. The highest BCUT2D eigenvalue weighted by Crippen LogP contribution is 2.36. The largest absolute Gasteiger partial charge is 0.376 e. The van der Waals surface area contributed by atoms with Gasteiger partial charge in [-0.15, -0.1) is 27.8 Å². The average molecular weight is 447 g/mol. The Morgan fingerprint density at radius 3 is 3.17 bits per heavy atom. The number of thiophene rings is 2. The molecule has 0 aromatic carbocycles. The summed E-state index contributed by atoms with van der Waals surface area (Å²) in [5, 5.41) is 17.3. The Balaban J connectivity index is 1.40. The van der Waals surface area contributed by atoms with Crippen LogP contribution in [0.25, 0.3) is 20.7 Å². The summed E-state index contributed by atoms with van der Waals surface area (Å²) in [6, 6.07) is 4.00. The minimum atomic E-state index is -0.110. The van der Waals surface area contributed by atoms with Gasteiger partial charge in [0, 0.05) is 22.4 Å². The summed E-state index contributed by atoms with van der Waals surface area (Å²) in [5.74, 6) is 0.624. The van der Waals surface area contributed by atoms with Crippen LogP contribution < -0.4 is 5.56 Å². The monoisotopic (exact) mass is 446 g/mol. The number of nitrogens with zero attached hydrogens (tertiary/aromatic N) is 5. The van der Waals surface area contributed by atoms with Gasteiger partial charge < -0.3 is 9.72 Å². The van der Waals surface area contributed by atoms with Gasteiger partial charge in [-0.3, -0.25) is 4.79 Å². The van der Waals surface area contributed by atoms with Crippen LogP contribution in [0, 0.1) is 0 Å². The van der Waals surface area contributed by atoms with E-state index in [9.17, 15) is 4.79 Å². The van der Waals surface area contributed by atoms with E-state index in [1.54, 1.807) is 16.0 Å². The SMILES string of the molecule is C[C@H](Sc1nnnn1C[C@@H]1CCCO1)c1nc2scc(-c3cccs3)c2c(=O)[nH]1. The molecule has 0 unspecified atom stereocenters. The second-order valence-corrected chi connectivity index (χ2v) is 9.91. The molecule has 5 heterocycles. The number of aromatic nitrogens is 6. The molecular formula is C18H18N6O2S3. The summed E-state index contributed by atoms with van der Waals surface area (Å²) in [7, 11) is 0. The van der Waals surface area contributed by atoms with Gasteiger partial charge in [-0.25, -0.2) is 9.67 Å². The normalized spacial score (nSPS) is 17.9. The number of thioether (sulfide) groups is 1. The standard InChI is InChI=1S/C18H18N6O2S3/c1-10(29-18-21-22-23-24(18)8-11-4-2-6-26-11)15-19-16(25)14-12(9-28-17(14)20-15)13-5-3-7-27-13/h3,5,7,9-11H,2,4,6,8H2,1H3,(H,19,20,25)/t10-,11-/m0/s1. The Morgan fingerprint density at radius 2 is 2.38 bits per heavy atom. The van der Waals surface area contributed by atoms with Crippen LogP contribution in [0.4, 0.5) is 0 Å². The summed E-state index contributed by atoms with van der Waals surface area (Å²) < 4.78 is 7.46. The molecular weight excluding hydrogens is 428 g/mol. The van der Waals surface area contributed by atoms with Crippen LogP contribution in [-0.4, -0.2) is 42.9 Å². The molecule has 0 aliphatic carbocycles. The van der Waals surface area contributed by atoms with E-state index >= 15 is 0 Å². The Bertz CT molecular complexity index is 1180. The lowest BCUT2D eigenvalue weighted by Crippen LogP contribution is -2.17. The molecule has 11 heteroatoms. The quantitative estimate of drug-likeness (QED) is 0.451. The molecule has 0 spiro atoms. The second-order valence-electron chi connectivity index (χ2n) is 6.80. The number of H-pyrrole nitrogens is 1. The van der Waals surface area contributed by atoms with Crippen LogP contribution in [0.2, 0.25) is 0 Å². The number of fused-ring (bicyclic) bond motifs is 1. The van der Waals surface area contributed by atoms with Crippen molar-refractivity contribution in [3.8, 4) is 10.4 Å². The Kier molecular flexibility index (Phi) is 5.20. The molecule has 1 N–H and O–H groups in total. The van der Waals surface area contributed by atoms with Crippen molar-refractivity contribution in [2.24, 2.45) is 0 Å². The fourth-order valence-electron chi connectivity index (χ4n) is 3.36. The van der Waals surface area contributed by atoms with E-state index in [4.69, 9.17) is 9.72 Å². The van der Waals surface area contributed by atoms with Gasteiger partial charge in [0.25, 0.3) is 5.56 Å². The summed E-state index contributed by atoms with van der Waals surface area (Å²) in [6.45, 7) is 3.43. The molecule has 1 aliphatic rings. The van der Waals surface area contributed by atoms with Crippen LogP contribution in [0.5, 0.6) is 0 Å². The number of aromatic amines is 1. The smallest absolute Gasteiger partial charge is 0.260 e. The number of tetrazole rings is 1. The predicted octanol–water partition coefficient (Wildman–Crippen LogP) is 3.73. The van der Waals surface area contributed by atoms with Gasteiger partial charge in [-0.1, -0.05) is 17.8 Å².